The van der Waals surface area contributed by atoms with Crippen molar-refractivity contribution in [2.45, 2.75) is 13.0 Å². The number of nitrogens with one attached hydrogen (secondary N) is 1. The maximum absolute atomic E-state index is 12.3. The third-order valence-electron chi connectivity index (χ3n) is 4.12. The molecule has 1 heterocycles. The summed E-state index contributed by atoms with van der Waals surface area (Å²) in [6.45, 7) is 1.34. The van der Waals surface area contributed by atoms with Crippen molar-refractivity contribution in [1.82, 2.24) is 10.2 Å². The van der Waals surface area contributed by atoms with Crippen molar-refractivity contribution in [3.8, 4) is 0 Å². The van der Waals surface area contributed by atoms with Crippen LogP contribution in [0.3, 0.4) is 0 Å². The minimum atomic E-state index is -0.260. The van der Waals surface area contributed by atoms with Crippen LogP contribution in [0.1, 0.15) is 16.7 Å². The van der Waals surface area contributed by atoms with Gasteiger partial charge in [0.25, 0.3) is 0 Å². The van der Waals surface area contributed by atoms with Gasteiger partial charge in [-0.05, 0) is 29.2 Å². The van der Waals surface area contributed by atoms with Crippen molar-refractivity contribution >= 4 is 17.9 Å². The van der Waals surface area contributed by atoms with Crippen LogP contribution in [0.15, 0.2) is 60.7 Å². The van der Waals surface area contributed by atoms with Gasteiger partial charge in [0.15, 0.2) is 0 Å². The highest BCUT2D eigenvalue weighted by Gasteiger charge is 2.20. The number of benzene rings is 2. The fourth-order valence-electron chi connectivity index (χ4n) is 2.78. The fraction of sp³-hybridized carbons (Fsp3) is 0.200. The largest absolute Gasteiger partial charge is 0.343 e. The zero-order valence-electron chi connectivity index (χ0n) is 13.4. The zero-order chi connectivity index (χ0) is 16.8. The SMILES string of the molecule is O=C(/C=C/c1ccccc1)NCC(=O)N1CCc2ccccc2C1. The Balaban J connectivity index is 1.49. The molecule has 2 amide bonds. The lowest BCUT2D eigenvalue weighted by molar-refractivity contribution is -0.132. The van der Waals surface area contributed by atoms with Gasteiger partial charge in [-0.3, -0.25) is 9.59 Å². The van der Waals surface area contributed by atoms with Gasteiger partial charge in [0.1, 0.15) is 0 Å². The van der Waals surface area contributed by atoms with E-state index in [0.29, 0.717) is 13.1 Å². The second-order valence-corrected chi connectivity index (χ2v) is 5.80. The minimum absolute atomic E-state index is 0.0279. The standard InChI is InChI=1S/C20H20N2O2/c23-19(11-10-16-6-2-1-3-7-16)21-14-20(24)22-13-12-17-8-4-5-9-18(17)15-22/h1-11H,12-15H2,(H,21,23)/b11-10+. The Kier molecular flexibility index (Phi) is 5.06. The Bertz CT molecular complexity index is 753. The predicted molar refractivity (Wildman–Crippen MR) is 94.0 cm³/mol. The molecule has 0 spiro atoms. The van der Waals surface area contributed by atoms with E-state index in [4.69, 9.17) is 0 Å². The van der Waals surface area contributed by atoms with Gasteiger partial charge >= 0.3 is 0 Å². The van der Waals surface area contributed by atoms with Crippen molar-refractivity contribution in [3.05, 3.63) is 77.4 Å². The molecule has 0 saturated carbocycles. The van der Waals surface area contributed by atoms with Crippen molar-refractivity contribution in [2.24, 2.45) is 0 Å². The first-order valence-electron chi connectivity index (χ1n) is 8.08. The molecule has 1 aliphatic rings. The van der Waals surface area contributed by atoms with E-state index in [1.54, 1.807) is 11.0 Å². The summed E-state index contributed by atoms with van der Waals surface area (Å²) < 4.78 is 0. The summed E-state index contributed by atoms with van der Waals surface area (Å²) in [5, 5.41) is 2.66. The van der Waals surface area contributed by atoms with Crippen molar-refractivity contribution in [2.75, 3.05) is 13.1 Å². The molecule has 0 radical (unpaired) electrons. The first-order chi connectivity index (χ1) is 11.7. The molecule has 0 unspecified atom stereocenters. The van der Waals surface area contributed by atoms with Crippen LogP contribution in [0.25, 0.3) is 6.08 Å². The normalized spacial score (nSPS) is 13.6. The highest BCUT2D eigenvalue weighted by Crippen LogP contribution is 2.18. The van der Waals surface area contributed by atoms with E-state index in [1.165, 1.54) is 17.2 Å². The van der Waals surface area contributed by atoms with E-state index in [1.807, 2.05) is 42.5 Å². The number of nitrogens with zero attached hydrogens (tertiary/aromatic N) is 1. The highest BCUT2D eigenvalue weighted by atomic mass is 16.2. The second-order valence-electron chi connectivity index (χ2n) is 5.80. The van der Waals surface area contributed by atoms with Crippen LogP contribution in [-0.2, 0) is 22.6 Å². The number of hydrogen-bond acceptors (Lipinski definition) is 2. The third-order valence-corrected chi connectivity index (χ3v) is 4.12. The maximum atomic E-state index is 12.3. The lowest BCUT2D eigenvalue weighted by atomic mass is 10.00. The molecule has 3 rings (SSSR count). The van der Waals surface area contributed by atoms with Crippen LogP contribution in [0.5, 0.6) is 0 Å². The Hall–Kier alpha value is -2.88. The van der Waals surface area contributed by atoms with Crippen molar-refractivity contribution < 1.29 is 9.59 Å². The van der Waals surface area contributed by atoms with Gasteiger partial charge < -0.3 is 10.2 Å². The topological polar surface area (TPSA) is 49.4 Å². The first kappa shape index (κ1) is 16.0. The Morgan fingerprint density at radius 2 is 1.71 bits per heavy atom. The molecule has 0 saturated heterocycles. The molecule has 1 N–H and O–H groups in total. The van der Waals surface area contributed by atoms with Gasteiger partial charge in [-0.1, -0.05) is 54.6 Å². The molecule has 0 bridgehead atoms. The average Bonchev–Trinajstić information content (AvgIpc) is 2.65. The molecule has 4 heteroatoms. The smallest absolute Gasteiger partial charge is 0.244 e. The summed E-state index contributed by atoms with van der Waals surface area (Å²) in [6.07, 6.45) is 4.05. The fourth-order valence-corrected chi connectivity index (χ4v) is 2.78. The van der Waals surface area contributed by atoms with Gasteiger partial charge in [-0.2, -0.15) is 0 Å². The molecule has 1 aliphatic heterocycles. The summed E-state index contributed by atoms with van der Waals surface area (Å²) in [7, 11) is 0. The molecule has 2 aromatic rings. The molecule has 0 fully saturated rings. The first-order valence-corrected chi connectivity index (χ1v) is 8.08. The zero-order valence-corrected chi connectivity index (χ0v) is 13.4. The van der Waals surface area contributed by atoms with Crippen molar-refractivity contribution in [3.63, 3.8) is 0 Å². The van der Waals surface area contributed by atoms with Crippen LogP contribution in [0, 0.1) is 0 Å². The van der Waals surface area contributed by atoms with E-state index < -0.39 is 0 Å². The van der Waals surface area contributed by atoms with E-state index in [0.717, 1.165) is 12.0 Å². The molecule has 4 nitrogen and oxygen atoms in total. The van der Waals surface area contributed by atoms with Gasteiger partial charge in [0, 0.05) is 19.2 Å². The summed E-state index contributed by atoms with van der Waals surface area (Å²) in [5.74, 6) is -0.310. The average molecular weight is 320 g/mol. The highest BCUT2D eigenvalue weighted by molar-refractivity contribution is 5.94. The van der Waals surface area contributed by atoms with E-state index in [-0.39, 0.29) is 18.4 Å². The Morgan fingerprint density at radius 1 is 1.00 bits per heavy atom. The summed E-state index contributed by atoms with van der Waals surface area (Å²) >= 11 is 0. The maximum Gasteiger partial charge on any atom is 0.244 e. The molecular weight excluding hydrogens is 300 g/mol. The quantitative estimate of drug-likeness (QED) is 0.880. The van der Waals surface area contributed by atoms with Crippen LogP contribution in [0.4, 0.5) is 0 Å². The van der Waals surface area contributed by atoms with Gasteiger partial charge in [0.2, 0.25) is 11.8 Å². The molecule has 0 atom stereocenters. The van der Waals surface area contributed by atoms with Crippen LogP contribution in [0.2, 0.25) is 0 Å². The molecule has 0 aromatic heterocycles. The number of fused-ring (bicyclic) bond motifs is 1. The molecule has 122 valence electrons. The summed E-state index contributed by atoms with van der Waals surface area (Å²) in [4.78, 5) is 25.9. The Labute approximate surface area is 141 Å². The second kappa shape index (κ2) is 7.59. The molecule has 0 aliphatic carbocycles. The minimum Gasteiger partial charge on any atom is -0.343 e. The number of carbonyl (C=O) groups excluding carboxylic acids is 2. The van der Waals surface area contributed by atoms with Crippen molar-refractivity contribution in [1.29, 1.82) is 0 Å². The van der Waals surface area contributed by atoms with Crippen LogP contribution < -0.4 is 5.32 Å². The van der Waals surface area contributed by atoms with E-state index in [9.17, 15) is 9.59 Å². The molecular formula is C20H20N2O2. The van der Waals surface area contributed by atoms with Gasteiger partial charge in [0.05, 0.1) is 6.54 Å². The van der Waals surface area contributed by atoms with Crippen LogP contribution in [-0.4, -0.2) is 29.8 Å². The number of carbonyl (C=O) groups is 2. The number of hydrogen-bond donors (Lipinski definition) is 1. The summed E-state index contributed by atoms with van der Waals surface area (Å²) in [5.41, 5.74) is 3.44. The predicted octanol–water partition coefficient (Wildman–Crippen LogP) is 2.40. The van der Waals surface area contributed by atoms with Gasteiger partial charge in [-0.25, -0.2) is 0 Å². The number of amides is 2. The Morgan fingerprint density at radius 3 is 2.50 bits per heavy atom. The van der Waals surface area contributed by atoms with E-state index in [2.05, 4.69) is 17.4 Å². The summed E-state index contributed by atoms with van der Waals surface area (Å²) in [6, 6.07) is 17.7. The molecule has 24 heavy (non-hydrogen) atoms. The van der Waals surface area contributed by atoms with Gasteiger partial charge in [-0.15, -0.1) is 0 Å². The van der Waals surface area contributed by atoms with E-state index >= 15 is 0 Å². The van der Waals surface area contributed by atoms with Crippen LogP contribution >= 0.6 is 0 Å². The lowest BCUT2D eigenvalue weighted by Gasteiger charge is -2.28. The lowest BCUT2D eigenvalue weighted by Crippen LogP contribution is -2.42. The third kappa shape index (κ3) is 4.10. The molecule has 2 aromatic carbocycles. The monoisotopic (exact) mass is 320 g/mol. The number of rotatable bonds is 4.